The molecule has 0 spiro atoms. The summed E-state index contributed by atoms with van der Waals surface area (Å²) in [5.41, 5.74) is 1.52. The minimum Gasteiger partial charge on any atom is -0.462 e. The van der Waals surface area contributed by atoms with Crippen LogP contribution < -0.4 is 4.74 Å². The van der Waals surface area contributed by atoms with Crippen molar-refractivity contribution in [1.82, 2.24) is 5.16 Å². The predicted molar refractivity (Wildman–Crippen MR) is 89.1 cm³/mol. The van der Waals surface area contributed by atoms with Gasteiger partial charge in [0.15, 0.2) is 0 Å². The minimum absolute atomic E-state index is 0.292. The van der Waals surface area contributed by atoms with Gasteiger partial charge in [-0.05, 0) is 38.1 Å². The summed E-state index contributed by atoms with van der Waals surface area (Å²) >= 11 is 0. The average molecular weight is 323 g/mol. The summed E-state index contributed by atoms with van der Waals surface area (Å²) in [7, 11) is 0. The molecular formula is C19H17NO4. The highest BCUT2D eigenvalue weighted by Gasteiger charge is 2.22. The van der Waals surface area contributed by atoms with Crippen molar-refractivity contribution in [3.8, 4) is 22.8 Å². The molecule has 0 atom stereocenters. The Kier molecular flexibility index (Phi) is 4.61. The van der Waals surface area contributed by atoms with Crippen molar-refractivity contribution in [1.29, 1.82) is 0 Å². The SMILES string of the molecule is CCOC(=O)c1c(-c2cccc(Oc3ccccc3)c2)noc1C. The summed E-state index contributed by atoms with van der Waals surface area (Å²) in [5, 5.41) is 4.01. The molecule has 1 aromatic heterocycles. The van der Waals surface area contributed by atoms with Crippen molar-refractivity contribution in [2.45, 2.75) is 13.8 Å². The molecule has 5 heteroatoms. The summed E-state index contributed by atoms with van der Waals surface area (Å²) < 4.78 is 16.1. The first-order chi connectivity index (χ1) is 11.7. The largest absolute Gasteiger partial charge is 0.462 e. The molecule has 3 rings (SSSR count). The number of hydrogen-bond acceptors (Lipinski definition) is 5. The molecule has 0 aliphatic carbocycles. The number of carbonyl (C=O) groups is 1. The Bertz CT molecular complexity index is 840. The lowest BCUT2D eigenvalue weighted by Gasteiger charge is -2.07. The lowest BCUT2D eigenvalue weighted by Crippen LogP contribution is -2.06. The molecule has 0 saturated heterocycles. The van der Waals surface area contributed by atoms with E-state index < -0.39 is 5.97 Å². The van der Waals surface area contributed by atoms with Crippen LogP contribution in [-0.4, -0.2) is 17.7 Å². The normalized spacial score (nSPS) is 10.4. The minimum atomic E-state index is -0.444. The molecule has 1 heterocycles. The molecular weight excluding hydrogens is 306 g/mol. The smallest absolute Gasteiger partial charge is 0.344 e. The van der Waals surface area contributed by atoms with Gasteiger partial charge in [-0.3, -0.25) is 0 Å². The number of para-hydroxylation sites is 1. The molecule has 0 amide bonds. The number of rotatable bonds is 5. The molecule has 3 aromatic rings. The molecule has 122 valence electrons. The van der Waals surface area contributed by atoms with Gasteiger partial charge in [0.05, 0.1) is 6.61 Å². The number of hydrogen-bond donors (Lipinski definition) is 0. The summed E-state index contributed by atoms with van der Waals surface area (Å²) in [4.78, 5) is 12.1. The van der Waals surface area contributed by atoms with Gasteiger partial charge in [0.2, 0.25) is 0 Å². The average Bonchev–Trinajstić information content (AvgIpc) is 2.98. The molecule has 0 aliphatic rings. The Morgan fingerprint density at radius 2 is 1.83 bits per heavy atom. The first kappa shape index (κ1) is 15.8. The van der Waals surface area contributed by atoms with Crippen molar-refractivity contribution in [3.05, 3.63) is 65.9 Å². The van der Waals surface area contributed by atoms with Crippen LogP contribution in [0.2, 0.25) is 0 Å². The van der Waals surface area contributed by atoms with Gasteiger partial charge >= 0.3 is 5.97 Å². The number of nitrogens with zero attached hydrogens (tertiary/aromatic N) is 1. The molecule has 2 aromatic carbocycles. The fraction of sp³-hybridized carbons (Fsp3) is 0.158. The molecule has 0 bridgehead atoms. The van der Waals surface area contributed by atoms with E-state index in [1.807, 2.05) is 54.6 Å². The Balaban J connectivity index is 1.94. The third kappa shape index (κ3) is 3.30. The summed E-state index contributed by atoms with van der Waals surface area (Å²) in [6.07, 6.45) is 0. The summed E-state index contributed by atoms with van der Waals surface area (Å²) in [6.45, 7) is 3.74. The van der Waals surface area contributed by atoms with Crippen molar-refractivity contribution in [3.63, 3.8) is 0 Å². The molecule has 24 heavy (non-hydrogen) atoms. The highest BCUT2D eigenvalue weighted by Crippen LogP contribution is 2.30. The topological polar surface area (TPSA) is 61.6 Å². The first-order valence-corrected chi connectivity index (χ1v) is 7.65. The number of aryl methyl sites for hydroxylation is 1. The van der Waals surface area contributed by atoms with Crippen LogP contribution in [0.15, 0.2) is 59.1 Å². The third-order valence-electron chi connectivity index (χ3n) is 3.43. The second-order valence-electron chi connectivity index (χ2n) is 5.13. The van der Waals surface area contributed by atoms with Crippen LogP contribution in [0.5, 0.6) is 11.5 Å². The number of carbonyl (C=O) groups excluding carboxylic acids is 1. The van der Waals surface area contributed by atoms with Crippen LogP contribution in [0.3, 0.4) is 0 Å². The predicted octanol–water partition coefficient (Wildman–Crippen LogP) is 4.62. The standard InChI is InChI=1S/C19H17NO4/c1-3-22-19(21)17-13(2)24-20-18(17)14-8-7-11-16(12-14)23-15-9-5-4-6-10-15/h4-12H,3H2,1-2H3. The maximum Gasteiger partial charge on any atom is 0.344 e. The monoisotopic (exact) mass is 323 g/mol. The Morgan fingerprint density at radius 3 is 2.58 bits per heavy atom. The Hall–Kier alpha value is -3.08. The van der Waals surface area contributed by atoms with Crippen molar-refractivity contribution >= 4 is 5.97 Å². The first-order valence-electron chi connectivity index (χ1n) is 7.65. The quantitative estimate of drug-likeness (QED) is 0.641. The van der Waals surface area contributed by atoms with Crippen molar-refractivity contribution < 1.29 is 18.8 Å². The Labute approximate surface area is 139 Å². The van der Waals surface area contributed by atoms with Crippen LogP contribution in [0.1, 0.15) is 23.0 Å². The maximum absolute atomic E-state index is 12.1. The van der Waals surface area contributed by atoms with Gasteiger partial charge < -0.3 is 14.0 Å². The van der Waals surface area contributed by atoms with E-state index in [2.05, 4.69) is 5.16 Å². The van der Waals surface area contributed by atoms with Gasteiger partial charge in [-0.1, -0.05) is 35.5 Å². The van der Waals surface area contributed by atoms with Gasteiger partial charge in [-0.15, -0.1) is 0 Å². The molecule has 0 unspecified atom stereocenters. The number of esters is 1. The fourth-order valence-corrected chi connectivity index (χ4v) is 2.34. The molecule has 0 aliphatic heterocycles. The summed E-state index contributed by atoms with van der Waals surface area (Å²) in [5.74, 6) is 1.37. The van der Waals surface area contributed by atoms with Crippen LogP contribution in [-0.2, 0) is 4.74 Å². The van der Waals surface area contributed by atoms with Gasteiger partial charge in [0.25, 0.3) is 0 Å². The second-order valence-corrected chi connectivity index (χ2v) is 5.13. The molecule has 0 fully saturated rings. The number of benzene rings is 2. The van der Waals surface area contributed by atoms with Gasteiger partial charge in [0, 0.05) is 5.56 Å². The maximum atomic E-state index is 12.1. The zero-order chi connectivity index (χ0) is 16.9. The van der Waals surface area contributed by atoms with Gasteiger partial charge in [-0.2, -0.15) is 0 Å². The van der Waals surface area contributed by atoms with Crippen LogP contribution in [0, 0.1) is 6.92 Å². The molecule has 5 nitrogen and oxygen atoms in total. The van der Waals surface area contributed by atoms with Crippen LogP contribution in [0.4, 0.5) is 0 Å². The lowest BCUT2D eigenvalue weighted by molar-refractivity contribution is 0.0525. The van der Waals surface area contributed by atoms with Crippen molar-refractivity contribution in [2.24, 2.45) is 0 Å². The number of ether oxygens (including phenoxy) is 2. The van der Waals surface area contributed by atoms with E-state index in [1.54, 1.807) is 13.8 Å². The van der Waals surface area contributed by atoms with E-state index in [-0.39, 0.29) is 0 Å². The zero-order valence-corrected chi connectivity index (χ0v) is 13.5. The lowest BCUT2D eigenvalue weighted by atomic mass is 10.1. The molecule has 0 N–H and O–H groups in total. The van der Waals surface area contributed by atoms with E-state index in [1.165, 1.54) is 0 Å². The van der Waals surface area contributed by atoms with Crippen molar-refractivity contribution in [2.75, 3.05) is 6.61 Å². The van der Waals surface area contributed by atoms with E-state index in [9.17, 15) is 4.79 Å². The van der Waals surface area contributed by atoms with Crippen LogP contribution >= 0.6 is 0 Å². The Morgan fingerprint density at radius 1 is 1.08 bits per heavy atom. The fourth-order valence-electron chi connectivity index (χ4n) is 2.34. The van der Waals surface area contributed by atoms with E-state index in [0.717, 1.165) is 11.3 Å². The summed E-state index contributed by atoms with van der Waals surface area (Å²) in [6, 6.07) is 16.8. The highest BCUT2D eigenvalue weighted by molar-refractivity contribution is 5.97. The second kappa shape index (κ2) is 7.00. The molecule has 0 saturated carbocycles. The zero-order valence-electron chi connectivity index (χ0n) is 13.5. The van der Waals surface area contributed by atoms with Gasteiger partial charge in [-0.25, -0.2) is 4.79 Å². The van der Waals surface area contributed by atoms with Crippen LogP contribution in [0.25, 0.3) is 11.3 Å². The highest BCUT2D eigenvalue weighted by atomic mass is 16.5. The third-order valence-corrected chi connectivity index (χ3v) is 3.43. The van der Waals surface area contributed by atoms with E-state index in [0.29, 0.717) is 29.4 Å². The van der Waals surface area contributed by atoms with Gasteiger partial charge in [0.1, 0.15) is 28.5 Å². The number of aromatic nitrogens is 1. The van der Waals surface area contributed by atoms with E-state index >= 15 is 0 Å². The van der Waals surface area contributed by atoms with E-state index in [4.69, 9.17) is 14.0 Å². The molecule has 0 radical (unpaired) electrons.